The van der Waals surface area contributed by atoms with E-state index < -0.39 is 0 Å². The normalized spacial score (nSPS) is 27.5. The number of hydrogen-bond donors (Lipinski definition) is 1. The Kier molecular flexibility index (Phi) is 2.61. The van der Waals surface area contributed by atoms with Crippen molar-refractivity contribution in [1.82, 2.24) is 9.80 Å². The van der Waals surface area contributed by atoms with Gasteiger partial charge in [-0.15, -0.1) is 0 Å². The van der Waals surface area contributed by atoms with Crippen LogP contribution in [-0.4, -0.2) is 54.6 Å². The van der Waals surface area contributed by atoms with E-state index in [1.165, 1.54) is 17.5 Å². The van der Waals surface area contributed by atoms with E-state index in [4.69, 9.17) is 5.41 Å². The minimum absolute atomic E-state index is 0.0391. The van der Waals surface area contributed by atoms with Crippen LogP contribution in [0.25, 0.3) is 0 Å². The first-order valence-electron chi connectivity index (χ1n) is 5.34. The van der Waals surface area contributed by atoms with Crippen molar-refractivity contribution >= 4 is 12.1 Å². The molecule has 82 valence electrons. The standard InChI is InChI=1S/C11H18N4/c1-8-10(6-12)13-9(2)15-5-4-14(3)7-11(8)15/h6,10,12H,4-5,7H2,1-3H3/t10-/m0/s1. The van der Waals surface area contributed by atoms with Gasteiger partial charge in [0.05, 0.1) is 0 Å². The number of hydrogen-bond acceptors (Lipinski definition) is 4. The number of nitrogens with one attached hydrogen (secondary N) is 1. The molecule has 2 aliphatic heterocycles. The lowest BCUT2D eigenvalue weighted by molar-refractivity contribution is 0.253. The summed E-state index contributed by atoms with van der Waals surface area (Å²) in [7, 11) is 2.14. The molecule has 4 heteroatoms. The Bertz CT molecular complexity index is 342. The third-order valence-corrected chi connectivity index (χ3v) is 3.22. The highest BCUT2D eigenvalue weighted by Crippen LogP contribution is 2.24. The lowest BCUT2D eigenvalue weighted by Crippen LogP contribution is -2.48. The fourth-order valence-electron chi connectivity index (χ4n) is 2.22. The minimum Gasteiger partial charge on any atom is -0.331 e. The molecule has 0 spiro atoms. The number of nitrogens with zero attached hydrogens (tertiary/aromatic N) is 3. The summed E-state index contributed by atoms with van der Waals surface area (Å²) in [5.74, 6) is 1.05. The van der Waals surface area contributed by atoms with Crippen LogP contribution in [0.4, 0.5) is 0 Å². The highest BCUT2D eigenvalue weighted by atomic mass is 15.3. The van der Waals surface area contributed by atoms with Crippen molar-refractivity contribution in [3.05, 3.63) is 11.3 Å². The second kappa shape index (κ2) is 3.77. The van der Waals surface area contributed by atoms with E-state index in [-0.39, 0.29) is 6.04 Å². The molecule has 0 aromatic rings. The molecule has 2 aliphatic rings. The smallest absolute Gasteiger partial charge is 0.109 e. The molecule has 15 heavy (non-hydrogen) atoms. The predicted molar refractivity (Wildman–Crippen MR) is 62.6 cm³/mol. The quantitative estimate of drug-likeness (QED) is 0.649. The van der Waals surface area contributed by atoms with Gasteiger partial charge in [-0.05, 0) is 26.5 Å². The molecule has 0 amide bonds. The molecule has 1 atom stereocenters. The van der Waals surface area contributed by atoms with E-state index in [2.05, 4.69) is 28.8 Å². The van der Waals surface area contributed by atoms with E-state index in [0.29, 0.717) is 0 Å². The summed E-state index contributed by atoms with van der Waals surface area (Å²) in [6.07, 6.45) is 1.43. The van der Waals surface area contributed by atoms with Gasteiger partial charge in [0, 0.05) is 31.5 Å². The topological polar surface area (TPSA) is 42.7 Å². The summed E-state index contributed by atoms with van der Waals surface area (Å²) < 4.78 is 0. The summed E-state index contributed by atoms with van der Waals surface area (Å²) >= 11 is 0. The largest absolute Gasteiger partial charge is 0.331 e. The van der Waals surface area contributed by atoms with Crippen LogP contribution in [-0.2, 0) is 0 Å². The third-order valence-electron chi connectivity index (χ3n) is 3.22. The average molecular weight is 206 g/mol. The number of aliphatic imine (C=N–C) groups is 1. The van der Waals surface area contributed by atoms with Crippen LogP contribution in [0.15, 0.2) is 16.3 Å². The summed E-state index contributed by atoms with van der Waals surface area (Å²) in [5, 5.41) is 7.38. The van der Waals surface area contributed by atoms with Gasteiger partial charge in [-0.3, -0.25) is 9.89 Å². The maximum Gasteiger partial charge on any atom is 0.109 e. The number of likely N-dealkylation sites (N-methyl/N-ethyl adjacent to an activating group) is 1. The monoisotopic (exact) mass is 206 g/mol. The van der Waals surface area contributed by atoms with Gasteiger partial charge in [0.25, 0.3) is 0 Å². The molecule has 0 aromatic carbocycles. The van der Waals surface area contributed by atoms with Crippen molar-refractivity contribution in [2.24, 2.45) is 4.99 Å². The Balaban J connectivity index is 2.35. The molecule has 0 aromatic heterocycles. The van der Waals surface area contributed by atoms with Gasteiger partial charge in [0.15, 0.2) is 0 Å². The molecule has 0 radical (unpaired) electrons. The van der Waals surface area contributed by atoms with Crippen molar-refractivity contribution in [3.8, 4) is 0 Å². The fraction of sp³-hybridized carbons (Fsp3) is 0.636. The molecule has 0 bridgehead atoms. The number of amidine groups is 1. The molecule has 4 nitrogen and oxygen atoms in total. The van der Waals surface area contributed by atoms with Gasteiger partial charge >= 0.3 is 0 Å². The van der Waals surface area contributed by atoms with Crippen LogP contribution < -0.4 is 0 Å². The van der Waals surface area contributed by atoms with Gasteiger partial charge in [-0.25, -0.2) is 0 Å². The molecule has 0 aliphatic carbocycles. The zero-order valence-electron chi connectivity index (χ0n) is 9.62. The third kappa shape index (κ3) is 1.69. The molecular weight excluding hydrogens is 188 g/mol. The van der Waals surface area contributed by atoms with Gasteiger partial charge in [-0.1, -0.05) is 0 Å². The zero-order chi connectivity index (χ0) is 11.0. The molecule has 2 rings (SSSR count). The first kappa shape index (κ1) is 10.4. The Labute approximate surface area is 90.8 Å². The van der Waals surface area contributed by atoms with Crippen molar-refractivity contribution in [1.29, 1.82) is 5.41 Å². The van der Waals surface area contributed by atoms with Crippen molar-refractivity contribution in [2.75, 3.05) is 26.7 Å². The minimum atomic E-state index is -0.0391. The Morgan fingerprint density at radius 3 is 2.80 bits per heavy atom. The van der Waals surface area contributed by atoms with E-state index in [1.807, 2.05) is 6.92 Å². The summed E-state index contributed by atoms with van der Waals surface area (Å²) in [6.45, 7) is 7.20. The summed E-state index contributed by atoms with van der Waals surface area (Å²) in [6, 6.07) is -0.0391. The van der Waals surface area contributed by atoms with Crippen LogP contribution in [0.3, 0.4) is 0 Å². The average Bonchev–Trinajstić information content (AvgIpc) is 2.23. The number of rotatable bonds is 1. The lowest BCUT2D eigenvalue weighted by atomic mass is 10.0. The fourth-order valence-corrected chi connectivity index (χ4v) is 2.22. The SMILES string of the molecule is CC1=N[C@@H](C=N)C(C)=C2CN(C)CCN12. The second-order valence-corrected chi connectivity index (χ2v) is 4.31. The van der Waals surface area contributed by atoms with Gasteiger partial charge < -0.3 is 10.3 Å². The van der Waals surface area contributed by atoms with Gasteiger partial charge in [0.1, 0.15) is 11.9 Å². The molecule has 2 heterocycles. The van der Waals surface area contributed by atoms with E-state index >= 15 is 0 Å². The second-order valence-electron chi connectivity index (χ2n) is 4.31. The van der Waals surface area contributed by atoms with Crippen molar-refractivity contribution in [2.45, 2.75) is 19.9 Å². The highest BCUT2D eigenvalue weighted by Gasteiger charge is 2.28. The Morgan fingerprint density at radius 1 is 1.40 bits per heavy atom. The maximum atomic E-state index is 7.38. The van der Waals surface area contributed by atoms with Crippen molar-refractivity contribution in [3.63, 3.8) is 0 Å². The first-order valence-corrected chi connectivity index (χ1v) is 5.34. The van der Waals surface area contributed by atoms with Crippen LogP contribution in [0.1, 0.15) is 13.8 Å². The van der Waals surface area contributed by atoms with E-state index in [0.717, 1.165) is 25.5 Å². The van der Waals surface area contributed by atoms with Crippen LogP contribution >= 0.6 is 0 Å². The molecule has 0 unspecified atom stereocenters. The molecule has 0 saturated carbocycles. The molecule has 1 saturated heterocycles. The zero-order valence-corrected chi connectivity index (χ0v) is 9.62. The van der Waals surface area contributed by atoms with E-state index in [9.17, 15) is 0 Å². The molecule has 1 fully saturated rings. The number of fused-ring (bicyclic) bond motifs is 1. The Morgan fingerprint density at radius 2 is 2.13 bits per heavy atom. The molecule has 1 N–H and O–H groups in total. The van der Waals surface area contributed by atoms with Crippen LogP contribution in [0.5, 0.6) is 0 Å². The van der Waals surface area contributed by atoms with Crippen LogP contribution in [0.2, 0.25) is 0 Å². The van der Waals surface area contributed by atoms with Crippen LogP contribution in [0, 0.1) is 5.41 Å². The Hall–Kier alpha value is -1.16. The summed E-state index contributed by atoms with van der Waals surface area (Å²) in [4.78, 5) is 9.12. The molecular formula is C11H18N4. The van der Waals surface area contributed by atoms with Crippen molar-refractivity contribution < 1.29 is 0 Å². The lowest BCUT2D eigenvalue weighted by Gasteiger charge is -2.40. The highest BCUT2D eigenvalue weighted by molar-refractivity contribution is 5.86. The van der Waals surface area contributed by atoms with Gasteiger partial charge in [-0.2, -0.15) is 0 Å². The maximum absolute atomic E-state index is 7.38. The van der Waals surface area contributed by atoms with Gasteiger partial charge in [0.2, 0.25) is 0 Å². The predicted octanol–water partition coefficient (Wildman–Crippen LogP) is 0.958. The first-order chi connectivity index (χ1) is 7.13. The summed E-state index contributed by atoms with van der Waals surface area (Å²) in [5.41, 5.74) is 2.56. The number of piperazine rings is 1. The van der Waals surface area contributed by atoms with E-state index in [1.54, 1.807) is 0 Å².